The van der Waals surface area contributed by atoms with Crippen molar-refractivity contribution in [2.45, 2.75) is 52.1 Å². The zero-order chi connectivity index (χ0) is 18.1. The van der Waals surface area contributed by atoms with Crippen molar-refractivity contribution < 1.29 is 9.59 Å². The van der Waals surface area contributed by atoms with E-state index in [0.717, 1.165) is 42.9 Å². The molecule has 0 aromatic carbocycles. The maximum atomic E-state index is 12.6. The monoisotopic (exact) mass is 347 g/mol. The van der Waals surface area contributed by atoms with Crippen molar-refractivity contribution in [1.82, 2.24) is 24.9 Å². The third-order valence-corrected chi connectivity index (χ3v) is 5.50. The number of amides is 2. The highest BCUT2D eigenvalue weighted by atomic mass is 16.2. The van der Waals surface area contributed by atoms with Gasteiger partial charge in [0.1, 0.15) is 0 Å². The number of nitrogens with one attached hydrogen (secondary N) is 1. The van der Waals surface area contributed by atoms with Gasteiger partial charge in [0.25, 0.3) is 0 Å². The van der Waals surface area contributed by atoms with E-state index in [4.69, 9.17) is 0 Å². The maximum Gasteiger partial charge on any atom is 0.237 e. The Morgan fingerprint density at radius 1 is 1.20 bits per heavy atom. The quantitative estimate of drug-likeness (QED) is 0.837. The van der Waals surface area contributed by atoms with E-state index in [1.54, 1.807) is 0 Å². The molecule has 7 nitrogen and oxygen atoms in total. The van der Waals surface area contributed by atoms with Crippen LogP contribution in [-0.2, 0) is 23.1 Å². The van der Waals surface area contributed by atoms with E-state index in [-0.39, 0.29) is 17.9 Å². The lowest BCUT2D eigenvalue weighted by molar-refractivity contribution is -0.133. The number of hydrogen-bond donors (Lipinski definition) is 1. The highest BCUT2D eigenvalue weighted by Gasteiger charge is 2.31. The van der Waals surface area contributed by atoms with E-state index >= 15 is 0 Å². The van der Waals surface area contributed by atoms with E-state index in [1.165, 1.54) is 0 Å². The van der Waals surface area contributed by atoms with Crippen LogP contribution in [0.4, 0.5) is 0 Å². The van der Waals surface area contributed by atoms with Gasteiger partial charge in [0.05, 0.1) is 18.2 Å². The number of carbonyl (C=O) groups is 2. The summed E-state index contributed by atoms with van der Waals surface area (Å²) >= 11 is 0. The number of rotatable bonds is 5. The minimum Gasteiger partial charge on any atom is -0.352 e. The second-order valence-corrected chi connectivity index (χ2v) is 7.33. The first-order valence-corrected chi connectivity index (χ1v) is 9.18. The van der Waals surface area contributed by atoms with Gasteiger partial charge in [0, 0.05) is 50.5 Å². The standard InChI is InChI=1S/C18H29N5O2/c1-12-16(13(2)21(4)20-12)11-17(24)23-9-7-22(8-10-23)14(3)18(25)19-15-5-6-15/h14-15H,5-11H2,1-4H3,(H,19,25). The highest BCUT2D eigenvalue weighted by Crippen LogP contribution is 2.19. The smallest absolute Gasteiger partial charge is 0.237 e. The Labute approximate surface area is 149 Å². The van der Waals surface area contributed by atoms with Crippen molar-refractivity contribution in [1.29, 1.82) is 0 Å². The van der Waals surface area contributed by atoms with Crippen LogP contribution in [0.3, 0.4) is 0 Å². The molecule has 2 aliphatic rings. The third kappa shape index (κ3) is 4.03. The summed E-state index contributed by atoms with van der Waals surface area (Å²) in [6, 6.07) is 0.268. The summed E-state index contributed by atoms with van der Waals surface area (Å²) in [6.45, 7) is 8.76. The largest absolute Gasteiger partial charge is 0.352 e. The van der Waals surface area contributed by atoms with Gasteiger partial charge in [-0.1, -0.05) is 0 Å². The highest BCUT2D eigenvalue weighted by molar-refractivity contribution is 5.82. The fraction of sp³-hybridized carbons (Fsp3) is 0.722. The van der Waals surface area contributed by atoms with Gasteiger partial charge in [-0.15, -0.1) is 0 Å². The summed E-state index contributed by atoms with van der Waals surface area (Å²) in [4.78, 5) is 28.9. The molecule has 1 aromatic rings. The average molecular weight is 347 g/mol. The van der Waals surface area contributed by atoms with Crippen LogP contribution in [0, 0.1) is 13.8 Å². The Bertz CT molecular complexity index is 657. The molecule has 7 heteroatoms. The first kappa shape index (κ1) is 17.9. The molecule has 0 radical (unpaired) electrons. The van der Waals surface area contributed by atoms with Crippen molar-refractivity contribution in [3.63, 3.8) is 0 Å². The molecule has 1 unspecified atom stereocenters. The minimum absolute atomic E-state index is 0.115. The molecule has 1 atom stereocenters. The fourth-order valence-corrected chi connectivity index (χ4v) is 3.41. The van der Waals surface area contributed by atoms with E-state index in [0.29, 0.717) is 25.6 Å². The molecule has 3 rings (SSSR count). The van der Waals surface area contributed by atoms with Crippen molar-refractivity contribution in [2.24, 2.45) is 7.05 Å². The van der Waals surface area contributed by atoms with Crippen LogP contribution in [-0.4, -0.2) is 69.7 Å². The molecular weight excluding hydrogens is 318 g/mol. The van der Waals surface area contributed by atoms with E-state index < -0.39 is 0 Å². The molecule has 2 amide bonds. The van der Waals surface area contributed by atoms with Gasteiger partial charge in [0.2, 0.25) is 11.8 Å². The van der Waals surface area contributed by atoms with Crippen LogP contribution >= 0.6 is 0 Å². The summed E-state index contributed by atoms with van der Waals surface area (Å²) in [7, 11) is 1.91. The minimum atomic E-state index is -0.124. The molecular formula is C18H29N5O2. The second kappa shape index (κ2) is 7.15. The average Bonchev–Trinajstić information content (AvgIpc) is 3.37. The normalized spacial score (nSPS) is 19.8. The molecule has 2 heterocycles. The van der Waals surface area contributed by atoms with Gasteiger partial charge >= 0.3 is 0 Å². The number of nitrogens with zero attached hydrogens (tertiary/aromatic N) is 4. The zero-order valence-electron chi connectivity index (χ0n) is 15.7. The Morgan fingerprint density at radius 3 is 2.36 bits per heavy atom. The molecule has 0 spiro atoms. The predicted octanol–water partition coefficient (Wildman–Crippen LogP) is 0.391. The summed E-state index contributed by atoms with van der Waals surface area (Å²) in [5, 5.41) is 7.45. The molecule has 1 N–H and O–H groups in total. The first-order chi connectivity index (χ1) is 11.9. The lowest BCUT2D eigenvalue weighted by Gasteiger charge is -2.37. The molecule has 2 fully saturated rings. The maximum absolute atomic E-state index is 12.6. The Hall–Kier alpha value is -1.89. The summed E-state index contributed by atoms with van der Waals surface area (Å²) in [5.41, 5.74) is 3.01. The zero-order valence-corrected chi connectivity index (χ0v) is 15.7. The molecule has 0 bridgehead atoms. The number of carbonyl (C=O) groups excluding carboxylic acids is 2. The van der Waals surface area contributed by atoms with E-state index in [1.807, 2.05) is 37.4 Å². The Balaban J connectivity index is 1.51. The lowest BCUT2D eigenvalue weighted by Crippen LogP contribution is -2.55. The number of hydrogen-bond acceptors (Lipinski definition) is 4. The van der Waals surface area contributed by atoms with Crippen LogP contribution in [0.2, 0.25) is 0 Å². The summed E-state index contributed by atoms with van der Waals surface area (Å²) < 4.78 is 1.83. The Morgan fingerprint density at radius 2 is 1.84 bits per heavy atom. The van der Waals surface area contributed by atoms with Crippen LogP contribution in [0.1, 0.15) is 36.7 Å². The molecule has 1 aliphatic carbocycles. The van der Waals surface area contributed by atoms with Gasteiger partial charge in [-0.2, -0.15) is 5.10 Å². The topological polar surface area (TPSA) is 70.5 Å². The summed E-state index contributed by atoms with van der Waals surface area (Å²) in [5.74, 6) is 0.262. The SMILES string of the molecule is Cc1nn(C)c(C)c1CC(=O)N1CCN(C(C)C(=O)NC2CC2)CC1. The van der Waals surface area contributed by atoms with E-state index in [9.17, 15) is 9.59 Å². The van der Waals surface area contributed by atoms with Crippen LogP contribution in [0.25, 0.3) is 0 Å². The Kier molecular flexibility index (Phi) is 5.13. The number of aryl methyl sites for hydroxylation is 2. The predicted molar refractivity (Wildman–Crippen MR) is 95.2 cm³/mol. The molecule has 1 aromatic heterocycles. The molecule has 138 valence electrons. The molecule has 1 saturated heterocycles. The summed E-state index contributed by atoms with van der Waals surface area (Å²) in [6.07, 6.45) is 2.62. The van der Waals surface area contributed by atoms with Gasteiger partial charge in [-0.3, -0.25) is 19.2 Å². The lowest BCUT2D eigenvalue weighted by atomic mass is 10.1. The van der Waals surface area contributed by atoms with Crippen molar-refractivity contribution in [3.05, 3.63) is 17.0 Å². The van der Waals surface area contributed by atoms with Crippen molar-refractivity contribution >= 4 is 11.8 Å². The molecule has 1 saturated carbocycles. The van der Waals surface area contributed by atoms with Gasteiger partial charge in [0.15, 0.2) is 0 Å². The first-order valence-electron chi connectivity index (χ1n) is 9.18. The number of aromatic nitrogens is 2. The van der Waals surface area contributed by atoms with Gasteiger partial charge in [-0.25, -0.2) is 0 Å². The van der Waals surface area contributed by atoms with Crippen LogP contribution in [0.5, 0.6) is 0 Å². The van der Waals surface area contributed by atoms with Crippen LogP contribution < -0.4 is 5.32 Å². The van der Waals surface area contributed by atoms with Crippen molar-refractivity contribution in [3.8, 4) is 0 Å². The second-order valence-electron chi connectivity index (χ2n) is 7.33. The van der Waals surface area contributed by atoms with Crippen molar-refractivity contribution in [2.75, 3.05) is 26.2 Å². The number of piperazine rings is 1. The third-order valence-electron chi connectivity index (χ3n) is 5.50. The fourth-order valence-electron chi connectivity index (χ4n) is 3.41. The van der Waals surface area contributed by atoms with Crippen LogP contribution in [0.15, 0.2) is 0 Å². The van der Waals surface area contributed by atoms with Gasteiger partial charge in [-0.05, 0) is 33.6 Å². The van der Waals surface area contributed by atoms with Gasteiger partial charge < -0.3 is 10.2 Å². The van der Waals surface area contributed by atoms with E-state index in [2.05, 4.69) is 15.3 Å². The molecule has 25 heavy (non-hydrogen) atoms. The molecule has 1 aliphatic heterocycles.